The molecule has 2 aromatic carbocycles. The first-order chi connectivity index (χ1) is 8.15. The van der Waals surface area contributed by atoms with Gasteiger partial charge in [0.1, 0.15) is 5.82 Å². The van der Waals surface area contributed by atoms with Crippen molar-refractivity contribution in [3.05, 3.63) is 75.7 Å². The zero-order chi connectivity index (χ0) is 12.3. The number of aromatic hydroxyl groups is 1. The van der Waals surface area contributed by atoms with E-state index in [9.17, 15) is 14.3 Å². The molecule has 0 amide bonds. The molecular weight excluding hydrogens is 219 g/mol. The van der Waals surface area contributed by atoms with Crippen LogP contribution in [0.4, 0.5) is 4.39 Å². The molecule has 0 aliphatic carbocycles. The van der Waals surface area contributed by atoms with Crippen LogP contribution in [0.5, 0.6) is 5.75 Å². The Kier molecular flexibility index (Phi) is 3.19. The second-order valence-electron chi connectivity index (χ2n) is 3.80. The Hall–Kier alpha value is -2.16. The van der Waals surface area contributed by atoms with Crippen LogP contribution in [0.2, 0.25) is 0 Å². The molecule has 0 radical (unpaired) electrons. The number of halogens is 1. The minimum atomic E-state index is -0.407. The number of benzene rings is 1. The average Bonchev–Trinajstić information content (AvgIpc) is 2.45. The zero-order valence-electron chi connectivity index (χ0n) is 9.06. The van der Waals surface area contributed by atoms with Gasteiger partial charge in [-0.2, -0.15) is 0 Å². The molecule has 0 aliphatic rings. The Labute approximate surface area is 98.0 Å². The predicted octanol–water partition coefficient (Wildman–Crippen LogP) is 2.48. The Morgan fingerprint density at radius 1 is 1.00 bits per heavy atom. The molecule has 2 nitrogen and oxygen atoms in total. The average molecular weight is 230 g/mol. The van der Waals surface area contributed by atoms with Crippen LogP contribution in [-0.4, -0.2) is 5.11 Å². The van der Waals surface area contributed by atoms with E-state index >= 15 is 0 Å². The van der Waals surface area contributed by atoms with Gasteiger partial charge in [0.25, 0.3) is 0 Å². The third-order valence-electron chi connectivity index (χ3n) is 2.45. The summed E-state index contributed by atoms with van der Waals surface area (Å²) >= 11 is 0. The third-order valence-corrected chi connectivity index (χ3v) is 2.45. The number of hydrogen-bond donors (Lipinski definition) is 1. The van der Waals surface area contributed by atoms with Crippen LogP contribution < -0.4 is 5.43 Å². The van der Waals surface area contributed by atoms with Crippen LogP contribution in [0.15, 0.2) is 53.3 Å². The molecule has 2 aromatic rings. The van der Waals surface area contributed by atoms with Crippen molar-refractivity contribution in [2.45, 2.75) is 6.42 Å². The smallest absolute Gasteiger partial charge is 0.220 e. The molecule has 1 N–H and O–H groups in total. The summed E-state index contributed by atoms with van der Waals surface area (Å²) in [7, 11) is 0. The molecule has 17 heavy (non-hydrogen) atoms. The molecule has 0 spiro atoms. The van der Waals surface area contributed by atoms with Gasteiger partial charge in [0.05, 0.1) is 0 Å². The Balaban J connectivity index is 2.31. The SMILES string of the molecule is O=c1cccc(Cc2ccc(F)cc2)cc1O. The molecule has 0 saturated heterocycles. The summed E-state index contributed by atoms with van der Waals surface area (Å²) < 4.78 is 12.7. The zero-order valence-corrected chi connectivity index (χ0v) is 9.06. The van der Waals surface area contributed by atoms with E-state index in [-0.39, 0.29) is 11.6 Å². The quantitative estimate of drug-likeness (QED) is 0.860. The second-order valence-corrected chi connectivity index (χ2v) is 3.80. The molecule has 0 saturated carbocycles. The topological polar surface area (TPSA) is 37.3 Å². The summed E-state index contributed by atoms with van der Waals surface area (Å²) in [6, 6.07) is 12.2. The van der Waals surface area contributed by atoms with E-state index in [0.717, 1.165) is 11.1 Å². The summed E-state index contributed by atoms with van der Waals surface area (Å²) in [5, 5.41) is 9.41. The van der Waals surface area contributed by atoms with Crippen LogP contribution in [0.1, 0.15) is 11.1 Å². The first-order valence-electron chi connectivity index (χ1n) is 5.22. The van der Waals surface area contributed by atoms with Crippen LogP contribution in [0.25, 0.3) is 0 Å². The monoisotopic (exact) mass is 230 g/mol. The lowest BCUT2D eigenvalue weighted by molar-refractivity contribution is 0.470. The van der Waals surface area contributed by atoms with Crippen LogP contribution in [-0.2, 0) is 6.42 Å². The van der Waals surface area contributed by atoms with Crippen LogP contribution in [0, 0.1) is 5.82 Å². The van der Waals surface area contributed by atoms with Crippen molar-refractivity contribution in [3.8, 4) is 5.75 Å². The lowest BCUT2D eigenvalue weighted by atomic mass is 10.1. The van der Waals surface area contributed by atoms with Crippen molar-refractivity contribution < 1.29 is 9.50 Å². The lowest BCUT2D eigenvalue weighted by Gasteiger charge is -1.99. The number of rotatable bonds is 2. The van der Waals surface area contributed by atoms with E-state index in [0.29, 0.717) is 6.42 Å². The highest BCUT2D eigenvalue weighted by atomic mass is 19.1. The van der Waals surface area contributed by atoms with Crippen molar-refractivity contribution in [1.29, 1.82) is 0 Å². The van der Waals surface area contributed by atoms with Crippen molar-refractivity contribution in [2.24, 2.45) is 0 Å². The Morgan fingerprint density at radius 3 is 2.41 bits per heavy atom. The number of hydrogen-bond acceptors (Lipinski definition) is 2. The highest BCUT2D eigenvalue weighted by Crippen LogP contribution is 2.11. The van der Waals surface area contributed by atoms with Gasteiger partial charge in [-0.3, -0.25) is 4.79 Å². The highest BCUT2D eigenvalue weighted by molar-refractivity contribution is 5.30. The van der Waals surface area contributed by atoms with Crippen LogP contribution in [0.3, 0.4) is 0 Å². The van der Waals surface area contributed by atoms with E-state index in [4.69, 9.17) is 0 Å². The molecule has 0 aromatic heterocycles. The van der Waals surface area contributed by atoms with Crippen molar-refractivity contribution in [1.82, 2.24) is 0 Å². The Bertz CT molecular complexity index is 576. The normalized spacial score (nSPS) is 10.2. The standard InChI is InChI=1S/C14H11FO2/c15-12-6-4-10(5-7-12)8-11-2-1-3-13(16)14(17)9-11/h1-7,9H,8H2,(H,16,17). The maximum Gasteiger partial charge on any atom is 0.220 e. The molecule has 0 heterocycles. The summed E-state index contributed by atoms with van der Waals surface area (Å²) in [6.45, 7) is 0. The van der Waals surface area contributed by atoms with Crippen molar-refractivity contribution >= 4 is 0 Å². The van der Waals surface area contributed by atoms with Gasteiger partial charge in [-0.1, -0.05) is 24.3 Å². The van der Waals surface area contributed by atoms with Gasteiger partial charge in [0, 0.05) is 0 Å². The Morgan fingerprint density at radius 2 is 1.71 bits per heavy atom. The van der Waals surface area contributed by atoms with Gasteiger partial charge < -0.3 is 5.11 Å². The molecule has 2 rings (SSSR count). The van der Waals surface area contributed by atoms with Gasteiger partial charge in [-0.15, -0.1) is 0 Å². The van der Waals surface area contributed by atoms with E-state index in [1.807, 2.05) is 0 Å². The molecular formula is C14H11FO2. The second kappa shape index (κ2) is 4.78. The van der Waals surface area contributed by atoms with Gasteiger partial charge in [0.15, 0.2) is 5.75 Å². The fraction of sp³-hybridized carbons (Fsp3) is 0.0714. The fourth-order valence-corrected chi connectivity index (χ4v) is 1.59. The van der Waals surface area contributed by atoms with Crippen molar-refractivity contribution in [3.63, 3.8) is 0 Å². The lowest BCUT2D eigenvalue weighted by Crippen LogP contribution is -1.92. The van der Waals surface area contributed by atoms with Gasteiger partial charge >= 0.3 is 0 Å². The molecule has 0 bridgehead atoms. The van der Waals surface area contributed by atoms with E-state index in [1.165, 1.54) is 24.3 Å². The van der Waals surface area contributed by atoms with Gasteiger partial charge in [-0.05, 0) is 41.8 Å². The molecule has 0 fully saturated rings. The van der Waals surface area contributed by atoms with E-state index in [1.54, 1.807) is 24.3 Å². The third kappa shape index (κ3) is 2.91. The largest absolute Gasteiger partial charge is 0.504 e. The highest BCUT2D eigenvalue weighted by Gasteiger charge is 1.99. The molecule has 0 atom stereocenters. The van der Waals surface area contributed by atoms with Crippen molar-refractivity contribution in [2.75, 3.05) is 0 Å². The minimum Gasteiger partial charge on any atom is -0.504 e. The van der Waals surface area contributed by atoms with E-state index < -0.39 is 5.43 Å². The fourth-order valence-electron chi connectivity index (χ4n) is 1.59. The molecule has 0 unspecified atom stereocenters. The molecule has 3 heteroatoms. The predicted molar refractivity (Wildman–Crippen MR) is 63.6 cm³/mol. The molecule has 86 valence electrons. The molecule has 0 aliphatic heterocycles. The van der Waals surface area contributed by atoms with Crippen LogP contribution >= 0.6 is 0 Å². The summed E-state index contributed by atoms with van der Waals surface area (Å²) in [5.41, 5.74) is 1.32. The first-order valence-corrected chi connectivity index (χ1v) is 5.22. The van der Waals surface area contributed by atoms with E-state index in [2.05, 4.69) is 0 Å². The summed E-state index contributed by atoms with van der Waals surface area (Å²) in [4.78, 5) is 11.2. The maximum absolute atomic E-state index is 12.7. The van der Waals surface area contributed by atoms with Gasteiger partial charge in [0.2, 0.25) is 5.43 Å². The van der Waals surface area contributed by atoms with Gasteiger partial charge in [-0.25, -0.2) is 4.39 Å². The summed E-state index contributed by atoms with van der Waals surface area (Å²) in [6.07, 6.45) is 0.544. The first kappa shape index (κ1) is 11.3. The summed E-state index contributed by atoms with van der Waals surface area (Å²) in [5.74, 6) is -0.552. The maximum atomic E-state index is 12.7. The minimum absolute atomic E-state index is 0.271.